The Bertz CT molecular complexity index is 419. The molecule has 0 saturated heterocycles. The van der Waals surface area contributed by atoms with Gasteiger partial charge in [0.25, 0.3) is 0 Å². The molecule has 1 rings (SSSR count). The Kier molecular flexibility index (Phi) is 4.79. The number of nitrogen functional groups attached to an aromatic ring is 1. The number of alkyl halides is 3. The molecule has 0 atom stereocenters. The summed E-state index contributed by atoms with van der Waals surface area (Å²) in [5.74, 6) is 0.523. The molecule has 0 bridgehead atoms. The first kappa shape index (κ1) is 15.3. The van der Waals surface area contributed by atoms with Crippen LogP contribution in [-0.2, 0) is 0 Å². The van der Waals surface area contributed by atoms with E-state index in [4.69, 9.17) is 5.73 Å². The monoisotopic (exact) mass is 277 g/mol. The maximum Gasteiger partial charge on any atom is 0.405 e. The molecule has 0 saturated carbocycles. The van der Waals surface area contributed by atoms with Crippen molar-refractivity contribution in [2.45, 2.75) is 33.0 Å². The smallest absolute Gasteiger partial charge is 0.370 e. The van der Waals surface area contributed by atoms with Crippen molar-refractivity contribution in [3.8, 4) is 0 Å². The summed E-state index contributed by atoms with van der Waals surface area (Å²) in [4.78, 5) is 8.92. The van der Waals surface area contributed by atoms with Gasteiger partial charge in [0.1, 0.15) is 18.2 Å². The zero-order valence-corrected chi connectivity index (χ0v) is 11.1. The second kappa shape index (κ2) is 5.94. The maximum atomic E-state index is 12.6. The first-order valence-electron chi connectivity index (χ1n) is 5.94. The van der Waals surface area contributed by atoms with Gasteiger partial charge in [-0.05, 0) is 20.8 Å². The van der Waals surface area contributed by atoms with Crippen LogP contribution < -0.4 is 16.0 Å². The van der Waals surface area contributed by atoms with E-state index in [1.54, 1.807) is 13.8 Å². The highest BCUT2D eigenvalue weighted by Gasteiger charge is 2.32. The van der Waals surface area contributed by atoms with Crippen LogP contribution in [0, 0.1) is 0 Å². The van der Waals surface area contributed by atoms with Crippen LogP contribution in [0.5, 0.6) is 0 Å². The highest BCUT2D eigenvalue weighted by Crippen LogP contribution is 2.24. The van der Waals surface area contributed by atoms with Gasteiger partial charge in [0.15, 0.2) is 0 Å². The van der Waals surface area contributed by atoms with Crippen molar-refractivity contribution in [2.75, 3.05) is 29.0 Å². The predicted octanol–water partition coefficient (Wildman–Crippen LogP) is 2.27. The molecule has 5 nitrogen and oxygen atoms in total. The lowest BCUT2D eigenvalue weighted by atomic mass is 10.3. The van der Waals surface area contributed by atoms with E-state index in [9.17, 15) is 13.2 Å². The fourth-order valence-electron chi connectivity index (χ4n) is 1.59. The van der Waals surface area contributed by atoms with Crippen molar-refractivity contribution >= 4 is 17.6 Å². The van der Waals surface area contributed by atoms with E-state index in [-0.39, 0.29) is 17.8 Å². The van der Waals surface area contributed by atoms with E-state index >= 15 is 0 Å². The minimum atomic E-state index is -4.30. The fraction of sp³-hybridized carbons (Fsp3) is 0.636. The molecule has 3 N–H and O–H groups in total. The van der Waals surface area contributed by atoms with Gasteiger partial charge in [-0.15, -0.1) is 0 Å². The van der Waals surface area contributed by atoms with Gasteiger partial charge < -0.3 is 16.0 Å². The molecule has 0 fully saturated rings. The lowest BCUT2D eigenvalue weighted by Crippen LogP contribution is -2.39. The average molecular weight is 277 g/mol. The van der Waals surface area contributed by atoms with E-state index < -0.39 is 12.7 Å². The lowest BCUT2D eigenvalue weighted by molar-refractivity contribution is -0.120. The van der Waals surface area contributed by atoms with Gasteiger partial charge in [-0.1, -0.05) is 0 Å². The summed E-state index contributed by atoms with van der Waals surface area (Å²) in [5.41, 5.74) is 5.52. The molecule has 0 aliphatic heterocycles. The molecule has 0 radical (unpaired) electrons. The van der Waals surface area contributed by atoms with Crippen LogP contribution in [0.15, 0.2) is 6.07 Å². The molecule has 1 aromatic rings. The van der Waals surface area contributed by atoms with E-state index in [2.05, 4.69) is 15.3 Å². The normalized spacial score (nSPS) is 11.7. The average Bonchev–Trinajstić information content (AvgIpc) is 2.24. The zero-order valence-electron chi connectivity index (χ0n) is 11.1. The maximum absolute atomic E-state index is 12.6. The SMILES string of the molecule is CCNc1cc(N(CC(F)(F)F)C(C)C)nc(N)n1. The fourth-order valence-corrected chi connectivity index (χ4v) is 1.59. The van der Waals surface area contributed by atoms with E-state index in [1.807, 2.05) is 6.92 Å². The van der Waals surface area contributed by atoms with Crippen molar-refractivity contribution in [3.05, 3.63) is 6.07 Å². The Hall–Kier alpha value is -1.73. The molecule has 1 aromatic heterocycles. The molecular formula is C11H18F3N5. The molecule has 1 heterocycles. The molecule has 0 aliphatic rings. The van der Waals surface area contributed by atoms with E-state index in [1.165, 1.54) is 6.07 Å². The van der Waals surface area contributed by atoms with Crippen LogP contribution in [-0.4, -0.2) is 35.3 Å². The van der Waals surface area contributed by atoms with Crippen LogP contribution in [0.2, 0.25) is 0 Å². The number of hydrogen-bond acceptors (Lipinski definition) is 5. The molecule has 8 heteroatoms. The van der Waals surface area contributed by atoms with Crippen molar-refractivity contribution in [3.63, 3.8) is 0 Å². The molecule has 0 unspecified atom stereocenters. The molecule has 0 amide bonds. The van der Waals surface area contributed by atoms with Gasteiger partial charge in [-0.2, -0.15) is 23.1 Å². The summed E-state index contributed by atoms with van der Waals surface area (Å²) < 4.78 is 37.7. The third-order valence-electron chi connectivity index (χ3n) is 2.36. The van der Waals surface area contributed by atoms with Crippen LogP contribution >= 0.6 is 0 Å². The largest absolute Gasteiger partial charge is 0.405 e. The lowest BCUT2D eigenvalue weighted by Gasteiger charge is -2.29. The Labute approximate surface area is 110 Å². The second-order valence-corrected chi connectivity index (χ2v) is 4.34. The first-order chi connectivity index (χ1) is 8.73. The zero-order chi connectivity index (χ0) is 14.6. The predicted molar refractivity (Wildman–Crippen MR) is 69.1 cm³/mol. The van der Waals surface area contributed by atoms with Crippen molar-refractivity contribution in [1.29, 1.82) is 0 Å². The van der Waals surface area contributed by atoms with E-state index in [0.717, 1.165) is 4.90 Å². The molecule has 19 heavy (non-hydrogen) atoms. The Morgan fingerprint density at radius 2 is 2.00 bits per heavy atom. The third kappa shape index (κ3) is 4.80. The summed E-state index contributed by atoms with van der Waals surface area (Å²) in [6.45, 7) is 4.70. The van der Waals surface area contributed by atoms with Crippen LogP contribution in [0.4, 0.5) is 30.8 Å². The summed E-state index contributed by atoms with van der Waals surface area (Å²) in [6, 6.07) is 1.11. The number of nitrogens with two attached hydrogens (primary N) is 1. The van der Waals surface area contributed by atoms with Gasteiger partial charge in [-0.3, -0.25) is 0 Å². The number of nitrogens with zero attached hydrogens (tertiary/aromatic N) is 3. The summed E-state index contributed by atoms with van der Waals surface area (Å²) in [7, 11) is 0. The standard InChI is InChI=1S/C11H18F3N5/c1-4-16-8-5-9(18-10(15)17-8)19(7(2)3)6-11(12,13)14/h5,7H,4,6H2,1-3H3,(H3,15,16,17,18). The Morgan fingerprint density at radius 3 is 2.47 bits per heavy atom. The number of anilines is 3. The van der Waals surface area contributed by atoms with Crippen molar-refractivity contribution in [1.82, 2.24) is 9.97 Å². The Balaban J connectivity index is 3.08. The minimum Gasteiger partial charge on any atom is -0.370 e. The molecule has 108 valence electrons. The number of aromatic nitrogens is 2. The van der Waals surface area contributed by atoms with Crippen LogP contribution in [0.25, 0.3) is 0 Å². The van der Waals surface area contributed by atoms with E-state index in [0.29, 0.717) is 12.4 Å². The molecular weight excluding hydrogens is 259 g/mol. The number of hydrogen-bond donors (Lipinski definition) is 2. The topological polar surface area (TPSA) is 67.1 Å². The van der Waals surface area contributed by atoms with Gasteiger partial charge in [0, 0.05) is 18.7 Å². The highest BCUT2D eigenvalue weighted by atomic mass is 19.4. The summed E-state index contributed by atoms with van der Waals surface area (Å²) in [5, 5.41) is 2.91. The van der Waals surface area contributed by atoms with Gasteiger partial charge in [-0.25, -0.2) is 0 Å². The quantitative estimate of drug-likeness (QED) is 0.864. The Morgan fingerprint density at radius 1 is 1.37 bits per heavy atom. The minimum absolute atomic E-state index is 0.0544. The first-order valence-corrected chi connectivity index (χ1v) is 5.94. The molecule has 0 aromatic carbocycles. The number of halogens is 3. The molecule has 0 spiro atoms. The highest BCUT2D eigenvalue weighted by molar-refractivity contribution is 5.53. The van der Waals surface area contributed by atoms with Crippen molar-refractivity contribution in [2.24, 2.45) is 0 Å². The number of nitrogens with one attached hydrogen (secondary N) is 1. The van der Waals surface area contributed by atoms with Crippen molar-refractivity contribution < 1.29 is 13.2 Å². The summed E-state index contributed by atoms with van der Waals surface area (Å²) >= 11 is 0. The summed E-state index contributed by atoms with van der Waals surface area (Å²) in [6.07, 6.45) is -4.30. The van der Waals surface area contributed by atoms with Gasteiger partial charge in [0.05, 0.1) is 0 Å². The number of rotatable bonds is 5. The second-order valence-electron chi connectivity index (χ2n) is 4.34. The van der Waals surface area contributed by atoms with Crippen LogP contribution in [0.1, 0.15) is 20.8 Å². The molecule has 0 aliphatic carbocycles. The van der Waals surface area contributed by atoms with Crippen LogP contribution in [0.3, 0.4) is 0 Å². The third-order valence-corrected chi connectivity index (χ3v) is 2.36. The van der Waals surface area contributed by atoms with Gasteiger partial charge >= 0.3 is 6.18 Å². The van der Waals surface area contributed by atoms with Gasteiger partial charge in [0.2, 0.25) is 5.95 Å².